The van der Waals surface area contributed by atoms with E-state index in [0.29, 0.717) is 0 Å². The van der Waals surface area contributed by atoms with Crippen LogP contribution in [0.3, 0.4) is 0 Å². The fourth-order valence-corrected chi connectivity index (χ4v) is 1.33. The molecule has 0 aromatic heterocycles. The topological polar surface area (TPSA) is 54.5 Å². The summed E-state index contributed by atoms with van der Waals surface area (Å²) in [6, 6.07) is 4.75. The van der Waals surface area contributed by atoms with E-state index in [2.05, 4.69) is 20.9 Å². The lowest BCUT2D eigenvalue weighted by Crippen LogP contribution is -3.00. The van der Waals surface area contributed by atoms with E-state index in [1.807, 2.05) is 0 Å². The molecule has 0 N–H and O–H groups in total. The molecule has 0 aliphatic rings. The minimum absolute atomic E-state index is 0. The number of carbonyl (C=O) groups is 1. The number of hydrogen-bond acceptors (Lipinski definition) is 3. The highest BCUT2D eigenvalue weighted by Crippen LogP contribution is 2.24. The van der Waals surface area contributed by atoms with E-state index in [1.165, 1.54) is 6.07 Å². The average molecular weight is 292 g/mol. The van der Waals surface area contributed by atoms with Gasteiger partial charge in [-0.1, -0.05) is 15.9 Å². The van der Waals surface area contributed by atoms with E-state index in [9.17, 15) is 4.79 Å². The number of benzene rings is 1. The molecule has 4 nitrogen and oxygen atoms in total. The first kappa shape index (κ1) is 13.9. The van der Waals surface area contributed by atoms with E-state index < -0.39 is 5.97 Å². The van der Waals surface area contributed by atoms with Crippen molar-refractivity contribution in [3.05, 3.63) is 33.2 Å². The van der Waals surface area contributed by atoms with Gasteiger partial charge in [-0.15, -0.1) is 0 Å². The van der Waals surface area contributed by atoms with Crippen LogP contribution in [0.25, 0.3) is 4.98 Å². The minimum atomic E-state index is -0.499. The van der Waals surface area contributed by atoms with Crippen LogP contribution in [0.2, 0.25) is 0 Å². The van der Waals surface area contributed by atoms with E-state index >= 15 is 0 Å². The predicted molar refractivity (Wildman–Crippen MR) is 54.8 cm³/mol. The van der Waals surface area contributed by atoms with Gasteiger partial charge in [0.25, 0.3) is 0 Å². The molecule has 1 aromatic rings. The summed E-state index contributed by atoms with van der Waals surface area (Å²) in [5.74, 6) is -0.499. The molecule has 0 radical (unpaired) electrons. The van der Waals surface area contributed by atoms with Gasteiger partial charge in [-0.25, -0.2) is 4.79 Å². The van der Waals surface area contributed by atoms with Crippen molar-refractivity contribution in [2.24, 2.45) is 0 Å². The number of nitrogens with zero attached hydrogens (tertiary/aromatic N) is 2. The summed E-state index contributed by atoms with van der Waals surface area (Å²) in [6.07, 6.45) is 0. The molecule has 0 bridgehead atoms. The summed E-state index contributed by atoms with van der Waals surface area (Å²) in [5, 5.41) is 8.63. The van der Waals surface area contributed by atoms with Crippen LogP contribution in [-0.2, 0) is 4.74 Å². The van der Waals surface area contributed by atoms with Gasteiger partial charge < -0.3 is 17.1 Å². The molecule has 6 heteroatoms. The number of rotatable bonds is 2. The molecule has 0 aliphatic carbocycles. The number of esters is 1. The Hall–Kier alpha value is -1.12. The van der Waals surface area contributed by atoms with Crippen molar-refractivity contribution in [1.82, 2.24) is 0 Å². The fourth-order valence-electron chi connectivity index (χ4n) is 0.968. The highest BCUT2D eigenvalue weighted by Gasteiger charge is 2.21. The van der Waals surface area contributed by atoms with Crippen LogP contribution in [0.5, 0.6) is 0 Å². The van der Waals surface area contributed by atoms with Crippen molar-refractivity contribution < 1.29 is 21.9 Å². The predicted octanol–water partition coefficient (Wildman–Crippen LogP) is 0.114. The van der Waals surface area contributed by atoms with Gasteiger partial charge in [0.15, 0.2) is 10.5 Å². The van der Waals surface area contributed by atoms with Crippen LogP contribution in [0.1, 0.15) is 17.3 Å². The first-order valence-corrected chi connectivity index (χ1v) is 4.80. The van der Waals surface area contributed by atoms with Crippen LogP contribution in [-0.4, -0.2) is 12.6 Å². The normalized spacial score (nSPS) is 8.60. The Bertz CT molecular complexity index is 404. The standard InChI is InChI=1S/C9H8BrN2O2.ClH/c1-2-14-9(13)7-5-6(10)3-4-8(7)12-11;/h3-5H,2H2,1H3;1H/q+1;/p-1. The number of carbonyl (C=O) groups excluding carboxylic acids is 1. The second-order valence-corrected chi connectivity index (χ2v) is 3.40. The summed E-state index contributed by atoms with van der Waals surface area (Å²) in [4.78, 5) is 14.4. The van der Waals surface area contributed by atoms with Crippen molar-refractivity contribution in [1.29, 1.82) is 5.39 Å². The molecule has 0 unspecified atom stereocenters. The lowest BCUT2D eigenvalue weighted by atomic mass is 10.2. The smallest absolute Gasteiger partial charge is 0.399 e. The van der Waals surface area contributed by atoms with Crippen molar-refractivity contribution in [2.75, 3.05) is 6.61 Å². The maximum absolute atomic E-state index is 11.4. The van der Waals surface area contributed by atoms with Crippen molar-refractivity contribution >= 4 is 27.6 Å². The molecular formula is C9H8BrClN2O2. The van der Waals surface area contributed by atoms with E-state index in [-0.39, 0.29) is 30.3 Å². The molecule has 0 amide bonds. The summed E-state index contributed by atoms with van der Waals surface area (Å²) >= 11 is 3.21. The fraction of sp³-hybridized carbons (Fsp3) is 0.222. The molecule has 0 spiro atoms. The van der Waals surface area contributed by atoms with Crippen molar-refractivity contribution in [2.45, 2.75) is 6.92 Å². The summed E-state index contributed by atoms with van der Waals surface area (Å²) < 4.78 is 5.52. The molecule has 0 atom stereocenters. The van der Waals surface area contributed by atoms with Gasteiger partial charge in [0, 0.05) is 10.5 Å². The molecular weight excluding hydrogens is 283 g/mol. The molecule has 0 saturated carbocycles. The lowest BCUT2D eigenvalue weighted by molar-refractivity contribution is -0.0000211. The molecule has 0 aliphatic heterocycles. The monoisotopic (exact) mass is 290 g/mol. The summed E-state index contributed by atoms with van der Waals surface area (Å²) in [7, 11) is 0. The first-order chi connectivity index (χ1) is 6.69. The van der Waals surface area contributed by atoms with Gasteiger partial charge in [-0.05, 0) is 19.1 Å². The molecule has 0 saturated heterocycles. The Labute approximate surface area is 102 Å². The van der Waals surface area contributed by atoms with Gasteiger partial charge in [0.2, 0.25) is 5.39 Å². The molecule has 0 fully saturated rings. The number of diazo groups is 1. The van der Waals surface area contributed by atoms with E-state index in [4.69, 9.17) is 10.1 Å². The highest BCUT2D eigenvalue weighted by molar-refractivity contribution is 9.10. The van der Waals surface area contributed by atoms with E-state index in [1.54, 1.807) is 19.1 Å². The molecule has 15 heavy (non-hydrogen) atoms. The van der Waals surface area contributed by atoms with Crippen LogP contribution in [0, 0.1) is 5.39 Å². The zero-order chi connectivity index (χ0) is 10.6. The number of hydrogen-bond donors (Lipinski definition) is 0. The lowest BCUT2D eigenvalue weighted by Gasteiger charge is -1.98. The Morgan fingerprint density at radius 1 is 1.60 bits per heavy atom. The Morgan fingerprint density at radius 2 is 2.27 bits per heavy atom. The number of ether oxygens (including phenoxy) is 1. The van der Waals surface area contributed by atoms with Crippen molar-refractivity contribution in [3.63, 3.8) is 0 Å². The Morgan fingerprint density at radius 3 is 2.80 bits per heavy atom. The first-order valence-electron chi connectivity index (χ1n) is 4.00. The molecule has 1 rings (SSSR count). The zero-order valence-corrected chi connectivity index (χ0v) is 10.2. The Kier molecular flexibility index (Phi) is 5.90. The third-order valence-corrected chi connectivity index (χ3v) is 2.05. The summed E-state index contributed by atoms with van der Waals surface area (Å²) in [5.41, 5.74) is 0.440. The molecule has 80 valence electrons. The SMILES string of the molecule is CCOC(=O)c1cc(Br)ccc1[N+]#N.[Cl-]. The minimum Gasteiger partial charge on any atom is -1.00 e. The number of halogens is 2. The largest absolute Gasteiger partial charge is 1.00 e. The maximum Gasteiger partial charge on any atom is 0.399 e. The third kappa shape index (κ3) is 3.50. The molecule has 1 aromatic carbocycles. The van der Waals surface area contributed by atoms with Crippen LogP contribution < -0.4 is 12.4 Å². The van der Waals surface area contributed by atoms with Gasteiger partial charge in [0.05, 0.1) is 6.61 Å². The van der Waals surface area contributed by atoms with Gasteiger partial charge >= 0.3 is 11.7 Å². The van der Waals surface area contributed by atoms with Gasteiger partial charge in [0.1, 0.15) is 0 Å². The van der Waals surface area contributed by atoms with Gasteiger partial charge in [-0.2, -0.15) is 0 Å². The van der Waals surface area contributed by atoms with Gasteiger partial charge in [-0.3, -0.25) is 0 Å². The average Bonchev–Trinajstić information content (AvgIpc) is 2.18. The van der Waals surface area contributed by atoms with Crippen molar-refractivity contribution in [3.8, 4) is 0 Å². The maximum atomic E-state index is 11.4. The zero-order valence-electron chi connectivity index (χ0n) is 7.91. The second-order valence-electron chi connectivity index (χ2n) is 2.48. The second kappa shape index (κ2) is 6.38. The Balaban J connectivity index is 0.00000196. The van der Waals surface area contributed by atoms with Crippen LogP contribution in [0.15, 0.2) is 22.7 Å². The van der Waals surface area contributed by atoms with E-state index in [0.717, 1.165) is 4.47 Å². The summed E-state index contributed by atoms with van der Waals surface area (Å²) in [6.45, 7) is 2.00. The quantitative estimate of drug-likeness (QED) is 0.574. The third-order valence-electron chi connectivity index (χ3n) is 1.56. The highest BCUT2D eigenvalue weighted by atomic mass is 79.9. The van der Waals surface area contributed by atoms with Crippen LogP contribution in [0.4, 0.5) is 5.69 Å². The van der Waals surface area contributed by atoms with Crippen LogP contribution >= 0.6 is 15.9 Å². The molecule has 0 heterocycles.